The number of H-pyrrole nitrogens is 1. The molecule has 4 rings (SSSR count). The smallest absolute Gasteiger partial charge is 0.161 e. The lowest BCUT2D eigenvalue weighted by Gasteiger charge is -2.06. The highest BCUT2D eigenvalue weighted by atomic mass is 35.5. The van der Waals surface area contributed by atoms with Gasteiger partial charge >= 0.3 is 0 Å². The third-order valence-corrected chi connectivity index (χ3v) is 4.24. The fourth-order valence-electron chi connectivity index (χ4n) is 2.74. The molecule has 27 heavy (non-hydrogen) atoms. The predicted octanol–water partition coefficient (Wildman–Crippen LogP) is 5.16. The van der Waals surface area contributed by atoms with E-state index in [2.05, 4.69) is 20.3 Å². The van der Waals surface area contributed by atoms with Gasteiger partial charge in [-0.25, -0.2) is 9.97 Å². The summed E-state index contributed by atoms with van der Waals surface area (Å²) in [6, 6.07) is 14.5. The molecule has 2 aromatic heterocycles. The first kappa shape index (κ1) is 18.8. The maximum absolute atomic E-state index is 9.77. The van der Waals surface area contributed by atoms with Crippen molar-refractivity contribution in [3.05, 3.63) is 59.9 Å². The third kappa shape index (κ3) is 3.77. The Morgan fingerprint density at radius 1 is 1.11 bits per heavy atom. The molecule has 3 N–H and O–H groups in total. The molecule has 0 aliphatic heterocycles. The minimum absolute atomic E-state index is 0. The van der Waals surface area contributed by atoms with Gasteiger partial charge < -0.3 is 20.1 Å². The lowest BCUT2D eigenvalue weighted by molar-refractivity contribution is 0.373. The summed E-state index contributed by atoms with van der Waals surface area (Å²) in [5, 5.41) is 14.5. The maximum atomic E-state index is 9.77. The Hall–Kier alpha value is -2.96. The summed E-state index contributed by atoms with van der Waals surface area (Å²) in [5.74, 6) is 1.17. The van der Waals surface area contributed by atoms with E-state index in [4.69, 9.17) is 16.3 Å². The van der Waals surface area contributed by atoms with Crippen LogP contribution in [0.3, 0.4) is 0 Å². The van der Waals surface area contributed by atoms with Crippen molar-refractivity contribution in [3.63, 3.8) is 0 Å². The second-order valence-corrected chi connectivity index (χ2v) is 6.13. The largest absolute Gasteiger partial charge is 0.504 e. The molecule has 6 nitrogen and oxygen atoms in total. The average Bonchev–Trinajstić information content (AvgIpc) is 3.07. The second kappa shape index (κ2) is 7.73. The normalized spacial score (nSPS) is 10.4. The number of aromatic amines is 1. The quantitative estimate of drug-likeness (QED) is 0.439. The first-order valence-corrected chi connectivity index (χ1v) is 8.25. The molecule has 0 atom stereocenters. The lowest BCUT2D eigenvalue weighted by atomic mass is 10.1. The second-order valence-electron chi connectivity index (χ2n) is 5.69. The Morgan fingerprint density at radius 2 is 1.96 bits per heavy atom. The molecule has 0 amide bonds. The highest BCUT2D eigenvalue weighted by molar-refractivity contribution is 6.30. The van der Waals surface area contributed by atoms with E-state index in [0.29, 0.717) is 22.2 Å². The summed E-state index contributed by atoms with van der Waals surface area (Å²) in [6.45, 7) is 0. The van der Waals surface area contributed by atoms with Crippen molar-refractivity contribution in [1.29, 1.82) is 0 Å². The first-order chi connectivity index (χ1) is 12.6. The number of hydrogen-bond acceptors (Lipinski definition) is 5. The van der Waals surface area contributed by atoms with Gasteiger partial charge in [0.05, 0.1) is 12.5 Å². The van der Waals surface area contributed by atoms with Crippen molar-refractivity contribution in [1.82, 2.24) is 15.0 Å². The number of aromatic nitrogens is 3. The van der Waals surface area contributed by atoms with E-state index in [1.165, 1.54) is 13.4 Å². The van der Waals surface area contributed by atoms with Gasteiger partial charge in [-0.15, -0.1) is 12.4 Å². The zero-order chi connectivity index (χ0) is 18.1. The van der Waals surface area contributed by atoms with E-state index in [0.717, 1.165) is 22.3 Å². The molecule has 0 aliphatic carbocycles. The molecule has 0 bridgehead atoms. The molecule has 2 heterocycles. The Bertz CT molecular complexity index is 1100. The van der Waals surface area contributed by atoms with Gasteiger partial charge in [0.25, 0.3) is 0 Å². The van der Waals surface area contributed by atoms with Crippen molar-refractivity contribution in [2.75, 3.05) is 12.4 Å². The number of hydrogen-bond donors (Lipinski definition) is 3. The van der Waals surface area contributed by atoms with E-state index >= 15 is 0 Å². The summed E-state index contributed by atoms with van der Waals surface area (Å²) >= 11 is 6.04. The van der Waals surface area contributed by atoms with E-state index in [1.807, 2.05) is 30.3 Å². The summed E-state index contributed by atoms with van der Waals surface area (Å²) in [4.78, 5) is 11.9. The molecule has 8 heteroatoms. The number of rotatable bonds is 4. The Balaban J connectivity index is 0.00000210. The van der Waals surface area contributed by atoms with Crippen LogP contribution in [-0.4, -0.2) is 27.2 Å². The molecule has 0 spiro atoms. The average molecular weight is 403 g/mol. The van der Waals surface area contributed by atoms with Crippen molar-refractivity contribution < 1.29 is 9.84 Å². The number of benzene rings is 2. The molecular formula is C19H16Cl2N4O2. The number of fused-ring (bicyclic) bond motifs is 1. The SMILES string of the molecule is COc1cc(-c2cc3c(Nc4cccc(Cl)c4)ncnc3[nH]2)ccc1O.Cl. The first-order valence-electron chi connectivity index (χ1n) is 7.88. The van der Waals surface area contributed by atoms with Gasteiger partial charge in [-0.3, -0.25) is 0 Å². The highest BCUT2D eigenvalue weighted by Gasteiger charge is 2.11. The van der Waals surface area contributed by atoms with Crippen LogP contribution in [0.4, 0.5) is 11.5 Å². The molecule has 0 saturated carbocycles. The van der Waals surface area contributed by atoms with Crippen LogP contribution in [-0.2, 0) is 0 Å². The van der Waals surface area contributed by atoms with Crippen molar-refractivity contribution in [2.24, 2.45) is 0 Å². The molecule has 0 saturated heterocycles. The van der Waals surface area contributed by atoms with Gasteiger partial charge in [-0.1, -0.05) is 17.7 Å². The van der Waals surface area contributed by atoms with Crippen LogP contribution in [0.25, 0.3) is 22.3 Å². The van der Waals surface area contributed by atoms with Gasteiger partial charge in [-0.05, 0) is 42.5 Å². The Kier molecular flexibility index (Phi) is 5.39. The summed E-state index contributed by atoms with van der Waals surface area (Å²) < 4.78 is 5.18. The molecule has 0 radical (unpaired) electrons. The molecular weight excluding hydrogens is 387 g/mol. The number of methoxy groups -OCH3 is 1. The zero-order valence-electron chi connectivity index (χ0n) is 14.2. The van der Waals surface area contributed by atoms with Crippen LogP contribution in [0.5, 0.6) is 11.5 Å². The van der Waals surface area contributed by atoms with Crippen LogP contribution in [0, 0.1) is 0 Å². The molecule has 2 aromatic carbocycles. The van der Waals surface area contributed by atoms with Crippen LogP contribution >= 0.6 is 24.0 Å². The van der Waals surface area contributed by atoms with E-state index in [-0.39, 0.29) is 18.2 Å². The maximum Gasteiger partial charge on any atom is 0.161 e. The molecule has 0 aliphatic rings. The van der Waals surface area contributed by atoms with Crippen LogP contribution in [0.15, 0.2) is 54.9 Å². The standard InChI is InChI=1S/C19H15ClN4O2.ClH/c1-26-17-7-11(5-6-16(17)25)15-9-14-18(21-10-22-19(14)24-15)23-13-4-2-3-12(20)8-13;/h2-10,25H,1H3,(H2,21,22,23,24);1H. The highest BCUT2D eigenvalue weighted by Crippen LogP contribution is 2.33. The number of nitrogens with one attached hydrogen (secondary N) is 2. The van der Waals surface area contributed by atoms with Crippen molar-refractivity contribution in [2.45, 2.75) is 0 Å². The van der Waals surface area contributed by atoms with Crippen LogP contribution in [0.2, 0.25) is 5.02 Å². The van der Waals surface area contributed by atoms with Crippen molar-refractivity contribution in [3.8, 4) is 22.8 Å². The van der Waals surface area contributed by atoms with Gasteiger partial charge in [0.15, 0.2) is 11.5 Å². The van der Waals surface area contributed by atoms with Crippen LogP contribution in [0.1, 0.15) is 0 Å². The van der Waals surface area contributed by atoms with E-state index in [1.54, 1.807) is 18.2 Å². The summed E-state index contributed by atoms with van der Waals surface area (Å²) in [6.07, 6.45) is 1.49. The minimum atomic E-state index is 0. The van der Waals surface area contributed by atoms with Gasteiger partial charge in [0.2, 0.25) is 0 Å². The fraction of sp³-hybridized carbons (Fsp3) is 0.0526. The number of phenolic OH excluding ortho intramolecular Hbond substituents is 1. The lowest BCUT2D eigenvalue weighted by Crippen LogP contribution is -1.94. The summed E-state index contributed by atoms with van der Waals surface area (Å²) in [5.41, 5.74) is 3.25. The molecule has 0 unspecified atom stereocenters. The summed E-state index contributed by atoms with van der Waals surface area (Å²) in [7, 11) is 1.52. The Morgan fingerprint density at radius 3 is 2.74 bits per heavy atom. The molecule has 138 valence electrons. The topological polar surface area (TPSA) is 83.1 Å². The number of halogens is 2. The van der Waals surface area contributed by atoms with Crippen LogP contribution < -0.4 is 10.1 Å². The third-order valence-electron chi connectivity index (χ3n) is 4.00. The van der Waals surface area contributed by atoms with E-state index in [9.17, 15) is 5.11 Å². The predicted molar refractivity (Wildman–Crippen MR) is 110 cm³/mol. The van der Waals surface area contributed by atoms with Crippen molar-refractivity contribution >= 4 is 46.5 Å². The minimum Gasteiger partial charge on any atom is -0.504 e. The number of nitrogens with zero attached hydrogens (tertiary/aromatic N) is 2. The number of ether oxygens (including phenoxy) is 1. The number of phenols is 1. The van der Waals surface area contributed by atoms with Gasteiger partial charge in [0.1, 0.15) is 17.8 Å². The van der Waals surface area contributed by atoms with E-state index < -0.39 is 0 Å². The number of anilines is 2. The van der Waals surface area contributed by atoms with Gasteiger partial charge in [-0.2, -0.15) is 0 Å². The monoisotopic (exact) mass is 402 g/mol. The molecule has 0 fully saturated rings. The van der Waals surface area contributed by atoms with Gasteiger partial charge in [0, 0.05) is 22.0 Å². The molecule has 4 aromatic rings. The Labute approximate surface area is 166 Å². The zero-order valence-corrected chi connectivity index (χ0v) is 15.8. The fourth-order valence-corrected chi connectivity index (χ4v) is 2.93. The number of aromatic hydroxyl groups is 1.